The van der Waals surface area contributed by atoms with Gasteiger partial charge in [-0.1, -0.05) is 80.6 Å². The van der Waals surface area contributed by atoms with Gasteiger partial charge >= 0.3 is 0 Å². The zero-order valence-electron chi connectivity index (χ0n) is 25.5. The molecule has 4 heterocycles. The molecule has 9 rings (SSSR count). The van der Waals surface area contributed by atoms with Crippen LogP contribution >= 0.6 is 0 Å². The number of benzene rings is 4. The van der Waals surface area contributed by atoms with Crippen molar-refractivity contribution >= 4 is 21.9 Å². The first-order chi connectivity index (χ1) is 22.6. The van der Waals surface area contributed by atoms with Gasteiger partial charge in [0.2, 0.25) is 0 Å². The number of rotatable bonds is 4. The van der Waals surface area contributed by atoms with E-state index in [1.165, 1.54) is 16.7 Å². The number of aromatic nitrogens is 3. The molecule has 1 aliphatic carbocycles. The molecule has 218 valence electrons. The summed E-state index contributed by atoms with van der Waals surface area (Å²) in [5.74, 6) is 0. The van der Waals surface area contributed by atoms with Crippen LogP contribution in [0.3, 0.4) is 0 Å². The normalized spacial score (nSPS) is 13.2. The Morgan fingerprint density at radius 2 is 1.07 bits per heavy atom. The molecular weight excluding hydrogens is 562 g/mol. The average molecular weight is 592 g/mol. The topological polar surface area (TPSA) is 51.8 Å². The summed E-state index contributed by atoms with van der Waals surface area (Å²) >= 11 is 0. The molecule has 1 aliphatic rings. The molecule has 0 saturated heterocycles. The van der Waals surface area contributed by atoms with Crippen LogP contribution in [0.2, 0.25) is 0 Å². The van der Waals surface area contributed by atoms with E-state index >= 15 is 0 Å². The molecule has 0 aliphatic heterocycles. The smallest absolute Gasteiger partial charge is 0.143 e. The molecule has 0 N–H and O–H groups in total. The Balaban J connectivity index is 1.23. The highest BCUT2D eigenvalue weighted by atomic mass is 16.3. The van der Waals surface area contributed by atoms with Crippen molar-refractivity contribution in [3.63, 3.8) is 0 Å². The number of para-hydroxylation sites is 2. The van der Waals surface area contributed by atoms with Gasteiger partial charge in [-0.05, 0) is 75.8 Å². The first kappa shape index (κ1) is 26.5. The molecule has 0 spiro atoms. The first-order valence-electron chi connectivity index (χ1n) is 15.6. The minimum Gasteiger partial charge on any atom is -0.455 e. The van der Waals surface area contributed by atoms with Gasteiger partial charge in [0.1, 0.15) is 11.2 Å². The van der Waals surface area contributed by atoms with Crippen molar-refractivity contribution in [3.8, 4) is 55.6 Å². The van der Waals surface area contributed by atoms with Crippen LogP contribution in [0.1, 0.15) is 25.1 Å². The molecule has 0 amide bonds. The van der Waals surface area contributed by atoms with Crippen molar-refractivity contribution in [2.45, 2.75) is 19.3 Å². The van der Waals surface area contributed by atoms with E-state index in [1.807, 2.05) is 36.8 Å². The molecule has 4 heteroatoms. The van der Waals surface area contributed by atoms with Crippen LogP contribution in [0.15, 0.2) is 145 Å². The van der Waals surface area contributed by atoms with E-state index in [0.29, 0.717) is 0 Å². The molecule has 4 aromatic heterocycles. The van der Waals surface area contributed by atoms with E-state index in [0.717, 1.165) is 72.1 Å². The van der Waals surface area contributed by atoms with Crippen molar-refractivity contribution in [1.29, 1.82) is 0 Å². The minimum absolute atomic E-state index is 0.178. The second-order valence-corrected chi connectivity index (χ2v) is 12.5. The van der Waals surface area contributed by atoms with E-state index < -0.39 is 0 Å². The lowest BCUT2D eigenvalue weighted by Gasteiger charge is -2.20. The van der Waals surface area contributed by atoms with Gasteiger partial charge < -0.3 is 4.42 Å². The Morgan fingerprint density at radius 3 is 1.70 bits per heavy atom. The maximum Gasteiger partial charge on any atom is 0.143 e. The van der Waals surface area contributed by atoms with E-state index in [2.05, 4.69) is 115 Å². The third kappa shape index (κ3) is 4.04. The predicted molar refractivity (Wildman–Crippen MR) is 186 cm³/mol. The van der Waals surface area contributed by atoms with E-state index in [4.69, 9.17) is 9.40 Å². The summed E-state index contributed by atoms with van der Waals surface area (Å²) in [6.45, 7) is 4.53. The zero-order valence-corrected chi connectivity index (χ0v) is 25.5. The van der Waals surface area contributed by atoms with Gasteiger partial charge in [0, 0.05) is 75.0 Å². The fourth-order valence-corrected chi connectivity index (χ4v) is 7.17. The van der Waals surface area contributed by atoms with E-state index in [9.17, 15) is 0 Å². The number of fused-ring (bicyclic) bond motifs is 6. The monoisotopic (exact) mass is 591 g/mol. The molecule has 0 atom stereocenters. The van der Waals surface area contributed by atoms with Gasteiger partial charge in [0.15, 0.2) is 0 Å². The van der Waals surface area contributed by atoms with Crippen molar-refractivity contribution in [3.05, 3.63) is 151 Å². The van der Waals surface area contributed by atoms with Crippen LogP contribution in [-0.4, -0.2) is 15.0 Å². The Morgan fingerprint density at radius 1 is 0.478 bits per heavy atom. The van der Waals surface area contributed by atoms with Crippen LogP contribution < -0.4 is 0 Å². The number of nitrogens with zero attached hydrogens (tertiary/aromatic N) is 3. The molecule has 0 saturated carbocycles. The quantitative estimate of drug-likeness (QED) is 0.204. The number of hydrogen-bond donors (Lipinski definition) is 0. The lowest BCUT2D eigenvalue weighted by atomic mass is 9.84. The van der Waals surface area contributed by atoms with Gasteiger partial charge in [-0.2, -0.15) is 0 Å². The molecule has 8 aromatic rings. The fourth-order valence-electron chi connectivity index (χ4n) is 7.17. The molecule has 46 heavy (non-hydrogen) atoms. The first-order valence-corrected chi connectivity index (χ1v) is 15.6. The van der Waals surface area contributed by atoms with Gasteiger partial charge in [-0.15, -0.1) is 0 Å². The van der Waals surface area contributed by atoms with Crippen LogP contribution in [0, 0.1) is 0 Å². The number of pyridine rings is 3. The maximum absolute atomic E-state index is 6.91. The van der Waals surface area contributed by atoms with Crippen molar-refractivity contribution < 1.29 is 4.42 Å². The Labute approximate surface area is 267 Å². The summed E-state index contributed by atoms with van der Waals surface area (Å²) in [4.78, 5) is 13.6. The van der Waals surface area contributed by atoms with Crippen molar-refractivity contribution in [1.82, 2.24) is 15.0 Å². The lowest BCUT2D eigenvalue weighted by molar-refractivity contribution is 0.637. The molecule has 0 unspecified atom stereocenters. The highest BCUT2D eigenvalue weighted by molar-refractivity contribution is 6.13. The summed E-state index contributed by atoms with van der Waals surface area (Å²) in [6.07, 6.45) is 9.32. The molecule has 0 radical (unpaired) electrons. The zero-order chi connectivity index (χ0) is 30.8. The van der Waals surface area contributed by atoms with Crippen molar-refractivity contribution in [2.24, 2.45) is 0 Å². The Kier molecular flexibility index (Phi) is 5.81. The Bertz CT molecular complexity index is 2380. The highest BCUT2D eigenvalue weighted by Crippen LogP contribution is 2.49. The number of hydrogen-bond acceptors (Lipinski definition) is 4. The lowest BCUT2D eigenvalue weighted by Crippen LogP contribution is -2.16. The molecular formula is C42H29N3O. The van der Waals surface area contributed by atoms with Gasteiger partial charge in [-0.25, -0.2) is 0 Å². The third-order valence-corrected chi connectivity index (χ3v) is 9.45. The average Bonchev–Trinajstić information content (AvgIpc) is 3.61. The van der Waals surface area contributed by atoms with E-state index in [-0.39, 0.29) is 5.41 Å². The summed E-state index contributed by atoms with van der Waals surface area (Å²) in [7, 11) is 0. The minimum atomic E-state index is -0.178. The van der Waals surface area contributed by atoms with Gasteiger partial charge in [-0.3, -0.25) is 15.0 Å². The van der Waals surface area contributed by atoms with Crippen LogP contribution in [-0.2, 0) is 5.41 Å². The predicted octanol–water partition coefficient (Wildman–Crippen LogP) is 10.7. The standard InChI is InChI=1S/C42H29N3O/c1-42(2)38-23-26(15-16-34(38)37-14-7-19-45-41(37)42)32-10-3-12-35-36-13-4-11-33(40(36)46-39(32)35)31-21-29(27-8-5-17-43-24-27)20-30(22-31)28-9-6-18-44-25-28/h3-25H,1-2H3. The van der Waals surface area contributed by atoms with Gasteiger partial charge in [0.05, 0.1) is 5.69 Å². The molecule has 4 nitrogen and oxygen atoms in total. The summed E-state index contributed by atoms with van der Waals surface area (Å²) < 4.78 is 6.91. The highest BCUT2D eigenvalue weighted by Gasteiger charge is 2.37. The Hall–Kier alpha value is -5.87. The second kappa shape index (κ2) is 10.1. The summed E-state index contributed by atoms with van der Waals surface area (Å²) in [6, 6.07) is 38.7. The van der Waals surface area contributed by atoms with Gasteiger partial charge in [0.25, 0.3) is 0 Å². The second-order valence-electron chi connectivity index (χ2n) is 12.5. The fraction of sp³-hybridized carbons (Fsp3) is 0.0714. The molecule has 0 bridgehead atoms. The third-order valence-electron chi connectivity index (χ3n) is 9.45. The molecule has 0 fully saturated rings. The largest absolute Gasteiger partial charge is 0.455 e. The summed E-state index contributed by atoms with van der Waals surface area (Å²) in [5, 5.41) is 2.21. The van der Waals surface area contributed by atoms with Crippen LogP contribution in [0.5, 0.6) is 0 Å². The van der Waals surface area contributed by atoms with Crippen LogP contribution in [0.25, 0.3) is 77.6 Å². The SMILES string of the molecule is CC1(C)c2cc(-c3cccc4c3oc3c(-c5cc(-c6cccnc6)cc(-c6cccnc6)c5)cccc34)ccc2-c2cccnc21. The van der Waals surface area contributed by atoms with E-state index in [1.54, 1.807) is 12.4 Å². The summed E-state index contributed by atoms with van der Waals surface area (Å²) in [5.41, 5.74) is 15.2. The maximum atomic E-state index is 6.91. The molecule has 4 aromatic carbocycles. The number of furan rings is 1. The van der Waals surface area contributed by atoms with Crippen molar-refractivity contribution in [2.75, 3.05) is 0 Å². The van der Waals surface area contributed by atoms with Crippen LogP contribution in [0.4, 0.5) is 0 Å².